The summed E-state index contributed by atoms with van der Waals surface area (Å²) in [7, 11) is 2.20. The van der Waals surface area contributed by atoms with E-state index in [0.717, 1.165) is 38.2 Å². The van der Waals surface area contributed by atoms with Gasteiger partial charge in [0.2, 0.25) is 0 Å². The summed E-state index contributed by atoms with van der Waals surface area (Å²) in [6, 6.07) is 0.619. The molecule has 0 aromatic carbocycles. The van der Waals surface area contributed by atoms with Gasteiger partial charge in [0, 0.05) is 36.9 Å². The quantitative estimate of drug-likeness (QED) is 0.827. The topological polar surface area (TPSA) is 62.2 Å². The Morgan fingerprint density at radius 1 is 1.35 bits per heavy atom. The van der Waals surface area contributed by atoms with Crippen molar-refractivity contribution < 1.29 is 4.79 Å². The fraction of sp³-hybridized carbons (Fsp3) is 0.579. The fourth-order valence-electron chi connectivity index (χ4n) is 4.26. The number of hydrogen-bond donors (Lipinski definition) is 0. The average molecular weight is 372 g/mol. The van der Waals surface area contributed by atoms with E-state index in [9.17, 15) is 4.79 Å². The monoisotopic (exact) mass is 371 g/mol. The normalized spacial score (nSPS) is 21.4. The molecule has 2 aromatic rings. The summed E-state index contributed by atoms with van der Waals surface area (Å²) in [4.78, 5) is 30.2. The van der Waals surface area contributed by atoms with Gasteiger partial charge in [-0.05, 0) is 45.6 Å². The van der Waals surface area contributed by atoms with Crippen LogP contribution in [0.4, 0.5) is 0 Å². The molecule has 138 valence electrons. The van der Waals surface area contributed by atoms with Gasteiger partial charge in [0.1, 0.15) is 10.8 Å². The Bertz CT molecular complexity index is 798. The first-order chi connectivity index (χ1) is 12.5. The number of likely N-dealkylation sites (tertiary alicyclic amines) is 1. The molecule has 7 heteroatoms. The van der Waals surface area contributed by atoms with E-state index in [0.29, 0.717) is 22.8 Å². The van der Waals surface area contributed by atoms with Crippen molar-refractivity contribution in [1.82, 2.24) is 24.8 Å². The summed E-state index contributed by atoms with van der Waals surface area (Å²) in [5.74, 6) is 0.784. The van der Waals surface area contributed by atoms with Crippen LogP contribution >= 0.6 is 11.3 Å². The van der Waals surface area contributed by atoms with Crippen molar-refractivity contribution >= 4 is 17.2 Å². The maximum absolute atomic E-state index is 12.8. The van der Waals surface area contributed by atoms with Crippen molar-refractivity contribution in [1.29, 1.82) is 0 Å². The zero-order chi connectivity index (χ0) is 18.3. The SMILES string of the molecule is Cc1ncc(C(=O)N2CCC3(CC2)CC3N(C)Cc2nccs2)c(C)n1. The van der Waals surface area contributed by atoms with E-state index in [1.165, 1.54) is 11.4 Å². The first kappa shape index (κ1) is 17.5. The summed E-state index contributed by atoms with van der Waals surface area (Å²) in [5.41, 5.74) is 1.80. The van der Waals surface area contributed by atoms with E-state index < -0.39 is 0 Å². The molecule has 0 bridgehead atoms. The van der Waals surface area contributed by atoms with Gasteiger partial charge >= 0.3 is 0 Å². The molecule has 2 aromatic heterocycles. The Kier molecular flexibility index (Phi) is 4.52. The van der Waals surface area contributed by atoms with Crippen molar-refractivity contribution in [2.75, 3.05) is 20.1 Å². The third-order valence-corrected chi connectivity index (χ3v) is 6.69. The number of carbonyl (C=O) groups excluding carboxylic acids is 1. The minimum absolute atomic E-state index is 0.0747. The van der Waals surface area contributed by atoms with Gasteiger partial charge in [0.25, 0.3) is 5.91 Å². The largest absolute Gasteiger partial charge is 0.339 e. The summed E-state index contributed by atoms with van der Waals surface area (Å²) < 4.78 is 0. The first-order valence-electron chi connectivity index (χ1n) is 9.17. The van der Waals surface area contributed by atoms with Crippen LogP contribution in [-0.2, 0) is 6.54 Å². The van der Waals surface area contributed by atoms with Crippen molar-refractivity contribution in [3.8, 4) is 0 Å². The number of amides is 1. The Hall–Kier alpha value is -1.86. The molecule has 1 saturated carbocycles. The molecule has 1 aliphatic carbocycles. The smallest absolute Gasteiger partial charge is 0.257 e. The standard InChI is InChI=1S/C19H25N5OS/c1-13-15(11-21-14(2)22-13)18(25)24-7-4-19(5-8-24)10-16(19)23(3)12-17-20-6-9-26-17/h6,9,11,16H,4-5,7-8,10,12H2,1-3H3. The molecule has 1 saturated heterocycles. The van der Waals surface area contributed by atoms with Crippen LogP contribution in [0.1, 0.15) is 46.1 Å². The maximum atomic E-state index is 12.8. The van der Waals surface area contributed by atoms with E-state index in [4.69, 9.17) is 0 Å². The van der Waals surface area contributed by atoms with Crippen molar-refractivity contribution in [3.63, 3.8) is 0 Å². The van der Waals surface area contributed by atoms with Gasteiger partial charge < -0.3 is 4.90 Å². The lowest BCUT2D eigenvalue weighted by molar-refractivity contribution is 0.0656. The zero-order valence-corrected chi connectivity index (χ0v) is 16.4. The highest BCUT2D eigenvalue weighted by molar-refractivity contribution is 7.09. The number of hydrogen-bond acceptors (Lipinski definition) is 6. The molecule has 3 heterocycles. The van der Waals surface area contributed by atoms with Crippen LogP contribution in [0.3, 0.4) is 0 Å². The Morgan fingerprint density at radius 2 is 2.12 bits per heavy atom. The van der Waals surface area contributed by atoms with E-state index in [1.54, 1.807) is 17.5 Å². The van der Waals surface area contributed by atoms with E-state index in [2.05, 4.69) is 26.9 Å². The highest BCUT2D eigenvalue weighted by Crippen LogP contribution is 2.56. The van der Waals surface area contributed by atoms with E-state index in [-0.39, 0.29) is 5.91 Å². The van der Waals surface area contributed by atoms with Crippen LogP contribution in [0.15, 0.2) is 17.8 Å². The number of piperidine rings is 1. The number of rotatable bonds is 4. The second-order valence-electron chi connectivity index (χ2n) is 7.63. The molecule has 2 fully saturated rings. The maximum Gasteiger partial charge on any atom is 0.257 e. The number of aryl methyl sites for hydroxylation is 2. The number of thiazole rings is 1. The molecule has 6 nitrogen and oxygen atoms in total. The first-order valence-corrected chi connectivity index (χ1v) is 10.0. The minimum Gasteiger partial charge on any atom is -0.339 e. The van der Waals surface area contributed by atoms with Gasteiger partial charge in [0.05, 0.1) is 17.8 Å². The Balaban J connectivity index is 1.35. The molecule has 1 atom stereocenters. The molecular formula is C19H25N5OS. The van der Waals surface area contributed by atoms with Gasteiger partial charge in [-0.25, -0.2) is 15.0 Å². The Morgan fingerprint density at radius 3 is 2.77 bits per heavy atom. The lowest BCUT2D eigenvalue weighted by Crippen LogP contribution is -2.41. The second kappa shape index (κ2) is 6.70. The van der Waals surface area contributed by atoms with Crippen molar-refractivity contribution in [2.24, 2.45) is 5.41 Å². The predicted molar refractivity (Wildman–Crippen MR) is 101 cm³/mol. The number of carbonyl (C=O) groups is 1. The summed E-state index contributed by atoms with van der Waals surface area (Å²) >= 11 is 1.72. The van der Waals surface area contributed by atoms with Crippen LogP contribution < -0.4 is 0 Å². The van der Waals surface area contributed by atoms with Gasteiger partial charge in [-0.3, -0.25) is 9.69 Å². The van der Waals surface area contributed by atoms with Crippen molar-refractivity contribution in [3.05, 3.63) is 39.9 Å². The molecule has 0 N–H and O–H groups in total. The van der Waals surface area contributed by atoms with E-state index >= 15 is 0 Å². The molecule has 1 spiro atoms. The number of aromatic nitrogens is 3. The van der Waals surface area contributed by atoms with Gasteiger partial charge in [-0.1, -0.05) is 0 Å². The van der Waals surface area contributed by atoms with E-state index in [1.807, 2.05) is 30.3 Å². The third kappa shape index (κ3) is 3.25. The fourth-order valence-corrected chi connectivity index (χ4v) is 4.94. The van der Waals surface area contributed by atoms with Crippen LogP contribution in [0, 0.1) is 19.3 Å². The van der Waals surface area contributed by atoms with Gasteiger partial charge in [0.15, 0.2) is 0 Å². The lowest BCUT2D eigenvalue weighted by atomic mass is 9.92. The molecule has 0 radical (unpaired) electrons. The predicted octanol–water partition coefficient (Wildman–Crippen LogP) is 2.68. The highest BCUT2D eigenvalue weighted by Gasteiger charge is 2.56. The third-order valence-electron chi connectivity index (χ3n) is 5.92. The second-order valence-corrected chi connectivity index (χ2v) is 8.61. The van der Waals surface area contributed by atoms with Crippen molar-refractivity contribution in [2.45, 2.75) is 45.7 Å². The van der Waals surface area contributed by atoms with Crippen LogP contribution in [0.5, 0.6) is 0 Å². The molecule has 2 aliphatic rings. The summed E-state index contributed by atoms with van der Waals surface area (Å²) in [6.45, 7) is 6.31. The minimum atomic E-state index is 0.0747. The zero-order valence-electron chi connectivity index (χ0n) is 15.6. The molecule has 4 rings (SSSR count). The highest BCUT2D eigenvalue weighted by atomic mass is 32.1. The summed E-state index contributed by atoms with van der Waals surface area (Å²) in [6.07, 6.45) is 6.95. The molecule has 26 heavy (non-hydrogen) atoms. The van der Waals surface area contributed by atoms with Crippen LogP contribution in [-0.4, -0.2) is 56.8 Å². The van der Waals surface area contributed by atoms with Gasteiger partial charge in [-0.2, -0.15) is 0 Å². The number of nitrogens with zero attached hydrogens (tertiary/aromatic N) is 5. The molecule has 1 aliphatic heterocycles. The average Bonchev–Trinajstić information content (AvgIpc) is 3.07. The van der Waals surface area contributed by atoms with Gasteiger partial charge in [-0.15, -0.1) is 11.3 Å². The van der Waals surface area contributed by atoms with Crippen LogP contribution in [0.2, 0.25) is 0 Å². The molecule has 1 amide bonds. The molecular weight excluding hydrogens is 346 g/mol. The molecule has 1 unspecified atom stereocenters. The Labute approximate surface area is 158 Å². The van der Waals surface area contributed by atoms with Crippen LogP contribution in [0.25, 0.3) is 0 Å². The lowest BCUT2D eigenvalue weighted by Gasteiger charge is -2.34. The summed E-state index contributed by atoms with van der Waals surface area (Å²) in [5, 5.41) is 3.21.